The summed E-state index contributed by atoms with van der Waals surface area (Å²) in [6, 6.07) is 15.6. The fourth-order valence-electron chi connectivity index (χ4n) is 3.98. The molecule has 1 aliphatic carbocycles. The van der Waals surface area contributed by atoms with Crippen molar-refractivity contribution < 1.29 is 33.3 Å². The van der Waals surface area contributed by atoms with Crippen LogP contribution in [-0.2, 0) is 33.3 Å². The van der Waals surface area contributed by atoms with Crippen molar-refractivity contribution >= 4 is 17.8 Å². The number of nitrogens with one attached hydrogen (secondary N) is 1. The minimum Gasteiger partial charge on any atom is -0.467 e. The van der Waals surface area contributed by atoms with Crippen LogP contribution in [0.5, 0.6) is 0 Å². The van der Waals surface area contributed by atoms with Gasteiger partial charge in [0.25, 0.3) is 0 Å². The number of carbonyl (C=O) groups excluding carboxylic acids is 3. The van der Waals surface area contributed by atoms with Gasteiger partial charge in [0.15, 0.2) is 6.04 Å². The largest absolute Gasteiger partial charge is 0.467 e. The molecule has 1 amide bonds. The van der Waals surface area contributed by atoms with Gasteiger partial charge in [-0.1, -0.05) is 48.5 Å². The molecule has 8 heteroatoms. The predicted molar refractivity (Wildman–Crippen MR) is 125 cm³/mol. The summed E-state index contributed by atoms with van der Waals surface area (Å²) in [5.41, 5.74) is 4.77. The summed E-state index contributed by atoms with van der Waals surface area (Å²) in [5.74, 6) is -1.11. The van der Waals surface area contributed by atoms with Crippen molar-refractivity contribution in [2.24, 2.45) is 0 Å². The fourth-order valence-corrected chi connectivity index (χ4v) is 3.98. The highest BCUT2D eigenvalue weighted by atomic mass is 16.5. The van der Waals surface area contributed by atoms with Gasteiger partial charge in [0.2, 0.25) is 5.91 Å². The van der Waals surface area contributed by atoms with Crippen molar-refractivity contribution in [1.82, 2.24) is 5.32 Å². The molecule has 0 spiro atoms. The second kappa shape index (κ2) is 12.9. The van der Waals surface area contributed by atoms with Crippen LogP contribution in [-0.4, -0.2) is 64.0 Å². The van der Waals surface area contributed by atoms with E-state index in [4.69, 9.17) is 14.2 Å². The van der Waals surface area contributed by atoms with E-state index < -0.39 is 12.0 Å². The summed E-state index contributed by atoms with van der Waals surface area (Å²) >= 11 is 0. The molecule has 0 heterocycles. The van der Waals surface area contributed by atoms with Crippen molar-refractivity contribution in [3.63, 3.8) is 0 Å². The third-order valence-electron chi connectivity index (χ3n) is 5.56. The van der Waals surface area contributed by atoms with Gasteiger partial charge in [-0.15, -0.1) is 0 Å². The number of fused-ring (bicyclic) bond motifs is 3. The minimum atomic E-state index is -0.851. The Morgan fingerprint density at radius 2 is 1.53 bits per heavy atom. The van der Waals surface area contributed by atoms with E-state index in [1.165, 1.54) is 36.3 Å². The highest BCUT2D eigenvalue weighted by Crippen LogP contribution is 2.44. The van der Waals surface area contributed by atoms with Crippen LogP contribution >= 0.6 is 0 Å². The van der Waals surface area contributed by atoms with E-state index in [2.05, 4.69) is 34.3 Å². The fraction of sp³-hybridized carbons (Fsp3) is 0.423. The van der Waals surface area contributed by atoms with E-state index in [0.717, 1.165) is 0 Å². The van der Waals surface area contributed by atoms with Gasteiger partial charge in [-0.25, -0.2) is 4.79 Å². The van der Waals surface area contributed by atoms with Gasteiger partial charge in [-0.05, 0) is 28.7 Å². The Bertz CT molecular complexity index is 945. The highest BCUT2D eigenvalue weighted by Gasteiger charge is 2.28. The van der Waals surface area contributed by atoms with E-state index in [1.54, 1.807) is 0 Å². The second-order valence-corrected chi connectivity index (χ2v) is 7.98. The molecule has 8 nitrogen and oxygen atoms in total. The summed E-state index contributed by atoms with van der Waals surface area (Å²) < 4.78 is 21.0. The van der Waals surface area contributed by atoms with E-state index in [-0.39, 0.29) is 37.4 Å². The lowest BCUT2D eigenvalue weighted by Crippen LogP contribution is -2.43. The standard InChI is InChI=1S/C26H31NO7/c1-18(28)27-24(26(30)31-2)17-33-15-14-32-13-7-12-25(29)34-16-23-21-10-5-3-8-19(21)20-9-4-6-11-22(20)23/h3-6,8-11,23-24H,7,12-17H2,1-2H3,(H,27,28)/t24-/m0/s1. The molecule has 0 aromatic heterocycles. The van der Waals surface area contributed by atoms with E-state index >= 15 is 0 Å². The molecule has 0 saturated heterocycles. The van der Waals surface area contributed by atoms with E-state index in [1.807, 2.05) is 24.3 Å². The van der Waals surface area contributed by atoms with Crippen LogP contribution in [0.25, 0.3) is 11.1 Å². The number of amides is 1. The first-order chi connectivity index (χ1) is 16.5. The Hall–Kier alpha value is -3.23. The zero-order valence-corrected chi connectivity index (χ0v) is 19.6. The van der Waals surface area contributed by atoms with Gasteiger partial charge in [0, 0.05) is 25.9 Å². The van der Waals surface area contributed by atoms with Crippen molar-refractivity contribution in [1.29, 1.82) is 0 Å². The quantitative estimate of drug-likeness (QED) is 0.356. The molecule has 0 aliphatic heterocycles. The van der Waals surface area contributed by atoms with Gasteiger partial charge in [-0.2, -0.15) is 0 Å². The SMILES string of the molecule is COC(=O)[C@H](COCCOCCCC(=O)OCC1c2ccccc2-c2ccccc21)NC(C)=O. The van der Waals surface area contributed by atoms with Gasteiger partial charge >= 0.3 is 11.9 Å². The number of benzene rings is 2. The molecule has 1 atom stereocenters. The number of methoxy groups -OCH3 is 1. The zero-order chi connectivity index (χ0) is 24.3. The van der Waals surface area contributed by atoms with Gasteiger partial charge in [0.1, 0.15) is 6.61 Å². The molecular formula is C26H31NO7. The van der Waals surface area contributed by atoms with Crippen molar-refractivity contribution in [2.45, 2.75) is 31.7 Å². The minimum absolute atomic E-state index is 0.00460. The number of rotatable bonds is 13. The number of hydrogen-bond acceptors (Lipinski definition) is 7. The summed E-state index contributed by atoms with van der Waals surface area (Å²) in [6.07, 6.45) is 0.803. The zero-order valence-electron chi connectivity index (χ0n) is 19.6. The van der Waals surface area contributed by atoms with Crippen molar-refractivity contribution in [3.05, 3.63) is 59.7 Å². The Labute approximate surface area is 199 Å². The number of carbonyl (C=O) groups is 3. The van der Waals surface area contributed by atoms with Crippen LogP contribution in [0.3, 0.4) is 0 Å². The second-order valence-electron chi connectivity index (χ2n) is 7.98. The Morgan fingerprint density at radius 1 is 0.912 bits per heavy atom. The summed E-state index contributed by atoms with van der Waals surface area (Å²) in [5, 5.41) is 2.47. The van der Waals surface area contributed by atoms with Crippen LogP contribution in [0.15, 0.2) is 48.5 Å². The average molecular weight is 470 g/mol. The molecule has 3 rings (SSSR count). The number of esters is 2. The summed E-state index contributed by atoms with van der Waals surface area (Å²) in [7, 11) is 1.25. The average Bonchev–Trinajstić information content (AvgIpc) is 3.16. The van der Waals surface area contributed by atoms with E-state index in [9.17, 15) is 14.4 Å². The molecule has 0 unspecified atom stereocenters. The lowest BCUT2D eigenvalue weighted by atomic mass is 9.98. The van der Waals surface area contributed by atoms with Gasteiger partial charge < -0.3 is 24.3 Å². The maximum atomic E-state index is 12.2. The molecule has 0 fully saturated rings. The highest BCUT2D eigenvalue weighted by molar-refractivity contribution is 5.83. The predicted octanol–water partition coefficient (Wildman–Crippen LogP) is 2.83. The third kappa shape index (κ3) is 6.88. The first kappa shape index (κ1) is 25.4. The summed E-state index contributed by atoms with van der Waals surface area (Å²) in [6.45, 7) is 2.57. The normalized spacial score (nSPS) is 13.0. The first-order valence-electron chi connectivity index (χ1n) is 11.4. The van der Waals surface area contributed by atoms with Crippen LogP contribution in [0, 0.1) is 0 Å². The van der Waals surface area contributed by atoms with Crippen LogP contribution in [0.4, 0.5) is 0 Å². The maximum Gasteiger partial charge on any atom is 0.330 e. The molecule has 0 saturated carbocycles. The van der Waals surface area contributed by atoms with Gasteiger partial charge in [-0.3, -0.25) is 9.59 Å². The number of ether oxygens (including phenoxy) is 4. The first-order valence-corrected chi connectivity index (χ1v) is 11.4. The monoisotopic (exact) mass is 469 g/mol. The molecule has 182 valence electrons. The van der Waals surface area contributed by atoms with Crippen LogP contribution < -0.4 is 5.32 Å². The maximum absolute atomic E-state index is 12.2. The topological polar surface area (TPSA) is 100 Å². The molecule has 1 N–H and O–H groups in total. The molecule has 1 aliphatic rings. The molecule has 34 heavy (non-hydrogen) atoms. The summed E-state index contributed by atoms with van der Waals surface area (Å²) in [4.78, 5) is 34.9. The smallest absolute Gasteiger partial charge is 0.330 e. The van der Waals surface area contributed by atoms with Crippen molar-refractivity contribution in [2.75, 3.05) is 40.1 Å². The molecule has 0 bridgehead atoms. The Balaban J connectivity index is 1.30. The lowest BCUT2D eigenvalue weighted by molar-refractivity contribution is -0.146. The van der Waals surface area contributed by atoms with Crippen LogP contribution in [0.1, 0.15) is 36.8 Å². The van der Waals surface area contributed by atoms with Gasteiger partial charge in [0.05, 0.1) is 26.9 Å². The van der Waals surface area contributed by atoms with Crippen molar-refractivity contribution in [3.8, 4) is 11.1 Å². The molecular weight excluding hydrogens is 438 g/mol. The molecule has 2 aromatic rings. The molecule has 0 radical (unpaired) electrons. The number of hydrogen-bond donors (Lipinski definition) is 1. The third-order valence-corrected chi connectivity index (χ3v) is 5.56. The lowest BCUT2D eigenvalue weighted by Gasteiger charge is -2.15. The molecule has 2 aromatic carbocycles. The van der Waals surface area contributed by atoms with E-state index in [0.29, 0.717) is 26.2 Å². The Morgan fingerprint density at radius 3 is 2.15 bits per heavy atom. The van der Waals surface area contributed by atoms with Crippen LogP contribution in [0.2, 0.25) is 0 Å². The Kier molecular flexibility index (Phi) is 9.61.